The van der Waals surface area contributed by atoms with Crippen molar-refractivity contribution in [3.05, 3.63) is 60.8 Å². The summed E-state index contributed by atoms with van der Waals surface area (Å²) >= 11 is 0. The molecule has 0 aromatic carbocycles. The third-order valence-electron chi connectivity index (χ3n) is 7.86. The molecule has 294 valence electrons. The molecule has 0 fully saturated rings. The molecule has 0 saturated heterocycles. The van der Waals surface area contributed by atoms with Crippen LogP contribution in [-0.2, 0) is 32.7 Å². The van der Waals surface area contributed by atoms with Gasteiger partial charge in [0.25, 0.3) is 0 Å². The first-order valence-electron chi connectivity index (χ1n) is 19.8. The average Bonchev–Trinajstić information content (AvgIpc) is 3.11. The standard InChI is InChI=1S/C41H72NO8P/c1-3-5-7-9-11-13-15-17-18-19-20-22-24-26-28-30-32-34-41(44)50-39(38-49-51(45,46)48-36-35-42)37-47-40(43)33-31-29-27-25-23-21-16-14-12-10-8-6-4-2/h7,9,13-16,18-19,22,24,39H,3-6,8,10-12,17,20-21,23,25-38,42H2,1-2H3,(H,45,46)/b9-7+,15-13+,16-14+,19-18+,24-22+/t39-/m1/s1. The fourth-order valence-corrected chi connectivity index (χ4v) is 5.68. The van der Waals surface area contributed by atoms with Gasteiger partial charge in [0.1, 0.15) is 6.61 Å². The van der Waals surface area contributed by atoms with Crippen LogP contribution in [0.2, 0.25) is 0 Å². The Morgan fingerprint density at radius 3 is 1.63 bits per heavy atom. The van der Waals surface area contributed by atoms with Gasteiger partial charge in [-0.05, 0) is 77.0 Å². The van der Waals surface area contributed by atoms with Crippen molar-refractivity contribution >= 4 is 19.8 Å². The molecule has 0 spiro atoms. The van der Waals surface area contributed by atoms with Crippen LogP contribution in [0.4, 0.5) is 0 Å². The first-order chi connectivity index (χ1) is 24.8. The van der Waals surface area contributed by atoms with E-state index in [0.29, 0.717) is 12.8 Å². The number of hydrogen-bond acceptors (Lipinski definition) is 8. The first kappa shape index (κ1) is 48.7. The predicted octanol–water partition coefficient (Wildman–Crippen LogP) is 10.9. The summed E-state index contributed by atoms with van der Waals surface area (Å²) in [7, 11) is -4.39. The van der Waals surface area contributed by atoms with Crippen LogP contribution in [0.15, 0.2) is 60.8 Å². The van der Waals surface area contributed by atoms with Gasteiger partial charge in [-0.1, -0.05) is 126 Å². The first-order valence-corrected chi connectivity index (χ1v) is 21.3. The zero-order valence-corrected chi connectivity index (χ0v) is 33.0. The maximum absolute atomic E-state index is 12.5. The Kier molecular flexibility index (Phi) is 35.8. The van der Waals surface area contributed by atoms with Crippen molar-refractivity contribution in [3.63, 3.8) is 0 Å². The number of phosphoric ester groups is 1. The molecule has 9 nitrogen and oxygen atoms in total. The Hall–Kier alpha value is -2.29. The summed E-state index contributed by atoms with van der Waals surface area (Å²) in [5.74, 6) is -0.881. The van der Waals surface area contributed by atoms with E-state index in [1.54, 1.807) is 0 Å². The smallest absolute Gasteiger partial charge is 0.462 e. The third kappa shape index (κ3) is 37.3. The molecule has 0 aliphatic carbocycles. The van der Waals surface area contributed by atoms with Gasteiger partial charge in [-0.25, -0.2) is 4.57 Å². The largest absolute Gasteiger partial charge is 0.472 e. The Balaban J connectivity index is 4.30. The van der Waals surface area contributed by atoms with Gasteiger partial charge in [0.15, 0.2) is 6.10 Å². The van der Waals surface area contributed by atoms with Crippen LogP contribution in [0.25, 0.3) is 0 Å². The number of nitrogens with two attached hydrogens (primary N) is 1. The van der Waals surface area contributed by atoms with Gasteiger partial charge in [0.2, 0.25) is 0 Å². The number of hydrogen-bond donors (Lipinski definition) is 2. The Morgan fingerprint density at radius 1 is 0.588 bits per heavy atom. The molecule has 0 aliphatic heterocycles. The van der Waals surface area contributed by atoms with Gasteiger partial charge in [-0.2, -0.15) is 0 Å². The summed E-state index contributed by atoms with van der Waals surface area (Å²) in [6.07, 6.45) is 42.5. The SMILES string of the molecule is CCC/C=C/C/C=C/C/C=C/C/C=C/CCCCCC(=O)O[C@H](COC(=O)CCCCCCC/C=C/CCCCCC)COP(=O)(O)OCCN. The zero-order valence-electron chi connectivity index (χ0n) is 32.1. The molecule has 0 amide bonds. The maximum atomic E-state index is 12.5. The van der Waals surface area contributed by atoms with Gasteiger partial charge in [0, 0.05) is 19.4 Å². The van der Waals surface area contributed by atoms with Crippen LogP contribution < -0.4 is 5.73 Å². The fourth-order valence-electron chi connectivity index (χ4n) is 4.91. The van der Waals surface area contributed by atoms with E-state index in [1.807, 2.05) is 0 Å². The second-order valence-corrected chi connectivity index (χ2v) is 14.2. The van der Waals surface area contributed by atoms with Crippen molar-refractivity contribution in [2.24, 2.45) is 5.73 Å². The molecular weight excluding hydrogens is 665 g/mol. The van der Waals surface area contributed by atoms with E-state index in [-0.39, 0.29) is 32.6 Å². The van der Waals surface area contributed by atoms with Gasteiger partial charge >= 0.3 is 19.8 Å². The van der Waals surface area contributed by atoms with Gasteiger partial charge in [0.05, 0.1) is 13.2 Å². The highest BCUT2D eigenvalue weighted by Gasteiger charge is 2.25. The Labute approximate surface area is 310 Å². The number of esters is 2. The van der Waals surface area contributed by atoms with Crippen LogP contribution in [0.1, 0.15) is 155 Å². The topological polar surface area (TPSA) is 134 Å². The van der Waals surface area contributed by atoms with Crippen LogP contribution >= 0.6 is 7.82 Å². The second-order valence-electron chi connectivity index (χ2n) is 12.8. The lowest BCUT2D eigenvalue weighted by Gasteiger charge is -2.19. The van der Waals surface area contributed by atoms with Crippen molar-refractivity contribution in [1.29, 1.82) is 0 Å². The van der Waals surface area contributed by atoms with E-state index in [1.165, 1.54) is 38.5 Å². The molecule has 0 heterocycles. The minimum Gasteiger partial charge on any atom is -0.462 e. The monoisotopic (exact) mass is 737 g/mol. The minimum atomic E-state index is -4.39. The molecule has 0 bridgehead atoms. The summed E-state index contributed by atoms with van der Waals surface area (Å²) < 4.78 is 32.6. The van der Waals surface area contributed by atoms with Crippen LogP contribution in [0.3, 0.4) is 0 Å². The van der Waals surface area contributed by atoms with Crippen molar-refractivity contribution in [1.82, 2.24) is 0 Å². The molecule has 0 aliphatic rings. The molecule has 0 rings (SSSR count). The Bertz CT molecular complexity index is 1020. The summed E-state index contributed by atoms with van der Waals surface area (Å²) in [5, 5.41) is 0. The highest BCUT2D eigenvalue weighted by Crippen LogP contribution is 2.43. The molecule has 0 aromatic rings. The number of phosphoric acid groups is 1. The lowest BCUT2D eigenvalue weighted by Crippen LogP contribution is -2.29. The Morgan fingerprint density at radius 2 is 1.06 bits per heavy atom. The average molecular weight is 738 g/mol. The number of ether oxygens (including phenoxy) is 2. The summed E-state index contributed by atoms with van der Waals surface area (Å²) in [6, 6.07) is 0. The molecule has 10 heteroatoms. The summed E-state index contributed by atoms with van der Waals surface area (Å²) in [4.78, 5) is 34.7. The molecule has 0 saturated carbocycles. The van der Waals surface area contributed by atoms with Crippen molar-refractivity contribution in [3.8, 4) is 0 Å². The van der Waals surface area contributed by atoms with Crippen molar-refractivity contribution < 1.29 is 37.6 Å². The van der Waals surface area contributed by atoms with Crippen molar-refractivity contribution in [2.75, 3.05) is 26.4 Å². The highest BCUT2D eigenvalue weighted by molar-refractivity contribution is 7.47. The normalized spacial score (nSPS) is 14.0. The van der Waals surface area contributed by atoms with E-state index in [4.69, 9.17) is 24.3 Å². The number of carbonyl (C=O) groups is 2. The third-order valence-corrected chi connectivity index (χ3v) is 8.84. The highest BCUT2D eigenvalue weighted by atomic mass is 31.2. The van der Waals surface area contributed by atoms with Gasteiger partial charge in [-0.15, -0.1) is 0 Å². The zero-order chi connectivity index (χ0) is 37.5. The van der Waals surface area contributed by atoms with Gasteiger partial charge in [-0.3, -0.25) is 18.6 Å². The second kappa shape index (κ2) is 37.5. The van der Waals surface area contributed by atoms with Crippen molar-refractivity contribution in [2.45, 2.75) is 161 Å². The number of rotatable bonds is 36. The molecular formula is C41H72NO8P. The summed E-state index contributed by atoms with van der Waals surface area (Å²) in [5.41, 5.74) is 5.33. The van der Waals surface area contributed by atoms with Crippen LogP contribution in [0.5, 0.6) is 0 Å². The lowest BCUT2D eigenvalue weighted by molar-refractivity contribution is -0.161. The fraction of sp³-hybridized carbons (Fsp3) is 0.707. The minimum absolute atomic E-state index is 0.0442. The van der Waals surface area contributed by atoms with E-state index in [9.17, 15) is 19.0 Å². The number of unbranched alkanes of at least 4 members (excludes halogenated alkanes) is 13. The molecule has 3 N–H and O–H groups in total. The maximum Gasteiger partial charge on any atom is 0.472 e. The molecule has 2 atom stereocenters. The number of carbonyl (C=O) groups excluding carboxylic acids is 2. The van der Waals surface area contributed by atoms with E-state index in [2.05, 4.69) is 74.6 Å². The molecule has 1 unspecified atom stereocenters. The quantitative estimate of drug-likeness (QED) is 0.0279. The molecule has 51 heavy (non-hydrogen) atoms. The van der Waals surface area contributed by atoms with Crippen LogP contribution in [-0.4, -0.2) is 49.3 Å². The predicted molar refractivity (Wildman–Crippen MR) is 210 cm³/mol. The van der Waals surface area contributed by atoms with E-state index < -0.39 is 32.5 Å². The summed E-state index contributed by atoms with van der Waals surface area (Å²) in [6.45, 7) is 3.58. The van der Waals surface area contributed by atoms with Gasteiger partial charge < -0.3 is 20.1 Å². The number of allylic oxidation sites excluding steroid dienone is 10. The molecule has 0 aromatic heterocycles. The lowest BCUT2D eigenvalue weighted by atomic mass is 10.1. The van der Waals surface area contributed by atoms with E-state index in [0.717, 1.165) is 77.0 Å². The van der Waals surface area contributed by atoms with Crippen LogP contribution in [0, 0.1) is 0 Å². The van der Waals surface area contributed by atoms with E-state index >= 15 is 0 Å². The molecule has 0 radical (unpaired) electrons.